The minimum absolute atomic E-state index is 0.154. The first-order valence-electron chi connectivity index (χ1n) is 9.75. The lowest BCUT2D eigenvalue weighted by Gasteiger charge is -2.33. The number of benzene rings is 3. The normalized spacial score (nSPS) is 11.7. The zero-order chi connectivity index (χ0) is 20.3. The highest BCUT2D eigenvalue weighted by Crippen LogP contribution is 2.38. The van der Waals surface area contributed by atoms with Crippen LogP contribution in [-0.2, 0) is 0 Å². The maximum absolute atomic E-state index is 4.16. The molecule has 0 heterocycles. The number of allylic oxidation sites excluding steroid dienone is 2. The van der Waals surface area contributed by atoms with Crippen molar-refractivity contribution in [3.63, 3.8) is 0 Å². The first-order valence-corrected chi connectivity index (χ1v) is 9.75. The summed E-state index contributed by atoms with van der Waals surface area (Å²) < 4.78 is 0. The molecule has 0 aromatic heterocycles. The van der Waals surface area contributed by atoms with Crippen LogP contribution in [0.5, 0.6) is 0 Å². The number of para-hydroxylation sites is 2. The van der Waals surface area contributed by atoms with Gasteiger partial charge in [0.05, 0.1) is 6.04 Å². The fraction of sp³-hybridized carbons (Fsp3) is 0.185. The van der Waals surface area contributed by atoms with Gasteiger partial charge >= 0.3 is 0 Å². The van der Waals surface area contributed by atoms with E-state index in [0.29, 0.717) is 0 Å². The highest BCUT2D eigenvalue weighted by Gasteiger charge is 2.21. The summed E-state index contributed by atoms with van der Waals surface area (Å²) in [6.07, 6.45) is 0. The number of rotatable bonds is 6. The number of hydrogen-bond acceptors (Lipinski definition) is 1. The van der Waals surface area contributed by atoms with Crippen LogP contribution >= 0.6 is 0 Å². The van der Waals surface area contributed by atoms with Gasteiger partial charge in [-0.2, -0.15) is 0 Å². The highest BCUT2D eigenvalue weighted by atomic mass is 15.2. The Bertz CT molecular complexity index is 966. The van der Waals surface area contributed by atoms with Crippen LogP contribution in [0.2, 0.25) is 0 Å². The van der Waals surface area contributed by atoms with Gasteiger partial charge < -0.3 is 4.90 Å². The second-order valence-corrected chi connectivity index (χ2v) is 7.57. The molecule has 1 nitrogen and oxygen atoms in total. The highest BCUT2D eigenvalue weighted by molar-refractivity contribution is 5.72. The average Bonchev–Trinajstić information content (AvgIpc) is 2.70. The molecule has 0 aliphatic rings. The predicted octanol–water partition coefficient (Wildman–Crippen LogP) is 7.96. The molecule has 3 rings (SSSR count). The summed E-state index contributed by atoms with van der Waals surface area (Å²) in [5.74, 6) is 0. The lowest BCUT2D eigenvalue weighted by molar-refractivity contribution is 0.770. The molecule has 28 heavy (non-hydrogen) atoms. The van der Waals surface area contributed by atoms with E-state index in [9.17, 15) is 0 Å². The lowest BCUT2D eigenvalue weighted by Crippen LogP contribution is -2.22. The van der Waals surface area contributed by atoms with Crippen molar-refractivity contribution in [3.8, 4) is 0 Å². The van der Waals surface area contributed by atoms with Crippen molar-refractivity contribution >= 4 is 22.5 Å². The molecule has 0 amide bonds. The standard InChI is InChI=1S/C27H29N/c1-19(2)23-16-24(20(3)4)18-25(17-23)22(6)28(26-13-8-7-9-14-26)27-15-11-10-12-21(27)5/h7-18,22H,1,3H2,2,4-6H3. The lowest BCUT2D eigenvalue weighted by atomic mass is 9.94. The molecule has 0 saturated heterocycles. The van der Waals surface area contributed by atoms with Crippen LogP contribution in [0, 0.1) is 6.92 Å². The number of aryl methyl sites for hydroxylation is 1. The molecule has 0 saturated carbocycles. The Kier molecular flexibility index (Phi) is 5.84. The van der Waals surface area contributed by atoms with Gasteiger partial charge in [0.15, 0.2) is 0 Å². The molecule has 0 radical (unpaired) electrons. The zero-order valence-electron chi connectivity index (χ0n) is 17.4. The molecular formula is C27H29N. The van der Waals surface area contributed by atoms with Crippen LogP contribution < -0.4 is 4.90 Å². The smallest absolute Gasteiger partial charge is 0.0563 e. The van der Waals surface area contributed by atoms with Crippen LogP contribution in [0.25, 0.3) is 11.1 Å². The number of hydrogen-bond donors (Lipinski definition) is 0. The first kappa shape index (κ1) is 19.7. The summed E-state index contributed by atoms with van der Waals surface area (Å²) in [6, 6.07) is 26.0. The van der Waals surface area contributed by atoms with Gasteiger partial charge in [0.25, 0.3) is 0 Å². The average molecular weight is 368 g/mol. The molecule has 0 spiro atoms. The predicted molar refractivity (Wildman–Crippen MR) is 124 cm³/mol. The van der Waals surface area contributed by atoms with Crippen LogP contribution in [0.1, 0.15) is 49.1 Å². The molecular weight excluding hydrogens is 338 g/mol. The van der Waals surface area contributed by atoms with Gasteiger partial charge in [-0.1, -0.05) is 60.7 Å². The largest absolute Gasteiger partial charge is 0.334 e. The molecule has 3 aromatic carbocycles. The molecule has 0 N–H and O–H groups in total. The SMILES string of the molecule is C=C(C)c1cc(C(=C)C)cc(C(C)N(c2ccccc2)c2ccccc2C)c1. The van der Waals surface area contributed by atoms with E-state index in [4.69, 9.17) is 0 Å². The Balaban J connectivity index is 2.17. The van der Waals surface area contributed by atoms with Gasteiger partial charge in [0.2, 0.25) is 0 Å². The third-order valence-electron chi connectivity index (χ3n) is 5.22. The fourth-order valence-corrected chi connectivity index (χ4v) is 3.53. The monoisotopic (exact) mass is 367 g/mol. The van der Waals surface area contributed by atoms with Crippen molar-refractivity contribution in [3.05, 3.63) is 108 Å². The second-order valence-electron chi connectivity index (χ2n) is 7.57. The summed E-state index contributed by atoms with van der Waals surface area (Å²) in [7, 11) is 0. The fourth-order valence-electron chi connectivity index (χ4n) is 3.53. The first-order chi connectivity index (χ1) is 13.4. The third kappa shape index (κ3) is 4.09. The molecule has 1 unspecified atom stereocenters. The molecule has 0 fully saturated rings. The van der Waals surface area contributed by atoms with Crippen molar-refractivity contribution < 1.29 is 0 Å². The van der Waals surface area contributed by atoms with Gasteiger partial charge in [0.1, 0.15) is 0 Å². The van der Waals surface area contributed by atoms with E-state index in [2.05, 4.69) is 119 Å². The molecule has 3 aromatic rings. The van der Waals surface area contributed by atoms with Crippen LogP contribution in [0.15, 0.2) is 86.0 Å². The van der Waals surface area contributed by atoms with Gasteiger partial charge in [-0.05, 0) is 86.3 Å². The Hall–Kier alpha value is -3.06. The minimum Gasteiger partial charge on any atom is -0.334 e. The Morgan fingerprint density at radius 2 is 1.32 bits per heavy atom. The van der Waals surface area contributed by atoms with Crippen LogP contribution in [0.3, 0.4) is 0 Å². The van der Waals surface area contributed by atoms with Gasteiger partial charge in [0, 0.05) is 11.4 Å². The van der Waals surface area contributed by atoms with Gasteiger partial charge in [-0.15, -0.1) is 0 Å². The summed E-state index contributed by atoms with van der Waals surface area (Å²) in [5, 5.41) is 0. The summed E-state index contributed by atoms with van der Waals surface area (Å²) in [4.78, 5) is 2.41. The zero-order valence-corrected chi connectivity index (χ0v) is 17.4. The Labute approximate surface area is 169 Å². The van der Waals surface area contributed by atoms with Crippen molar-refractivity contribution in [2.24, 2.45) is 0 Å². The molecule has 0 aliphatic carbocycles. The van der Waals surface area contributed by atoms with Crippen molar-refractivity contribution in [1.29, 1.82) is 0 Å². The molecule has 0 bridgehead atoms. The Morgan fingerprint density at radius 3 is 1.86 bits per heavy atom. The molecule has 1 atom stereocenters. The van der Waals surface area contributed by atoms with E-state index in [0.717, 1.165) is 11.1 Å². The van der Waals surface area contributed by atoms with Crippen molar-refractivity contribution in [2.45, 2.75) is 33.7 Å². The molecule has 0 aliphatic heterocycles. The van der Waals surface area contributed by atoms with E-state index in [1.807, 2.05) is 0 Å². The van der Waals surface area contributed by atoms with E-state index < -0.39 is 0 Å². The minimum atomic E-state index is 0.154. The number of anilines is 2. The summed E-state index contributed by atoms with van der Waals surface area (Å²) in [5.41, 5.74) is 9.39. The van der Waals surface area contributed by atoms with E-state index in [1.165, 1.54) is 33.6 Å². The van der Waals surface area contributed by atoms with Gasteiger partial charge in [-0.3, -0.25) is 0 Å². The number of nitrogens with zero attached hydrogens (tertiary/aromatic N) is 1. The Morgan fingerprint density at radius 1 is 0.786 bits per heavy atom. The van der Waals surface area contributed by atoms with E-state index >= 15 is 0 Å². The topological polar surface area (TPSA) is 3.24 Å². The maximum Gasteiger partial charge on any atom is 0.0563 e. The van der Waals surface area contributed by atoms with E-state index in [-0.39, 0.29) is 6.04 Å². The van der Waals surface area contributed by atoms with Crippen LogP contribution in [0.4, 0.5) is 11.4 Å². The maximum atomic E-state index is 4.16. The second kappa shape index (κ2) is 8.31. The van der Waals surface area contributed by atoms with Crippen molar-refractivity contribution in [1.82, 2.24) is 0 Å². The van der Waals surface area contributed by atoms with E-state index in [1.54, 1.807) is 0 Å². The third-order valence-corrected chi connectivity index (χ3v) is 5.22. The quantitative estimate of drug-likeness (QED) is 0.427. The van der Waals surface area contributed by atoms with Gasteiger partial charge in [-0.25, -0.2) is 0 Å². The van der Waals surface area contributed by atoms with Crippen molar-refractivity contribution in [2.75, 3.05) is 4.90 Å². The summed E-state index contributed by atoms with van der Waals surface area (Å²) in [6.45, 7) is 16.9. The summed E-state index contributed by atoms with van der Waals surface area (Å²) >= 11 is 0. The molecule has 1 heteroatoms. The molecule has 142 valence electrons. The van der Waals surface area contributed by atoms with Crippen LogP contribution in [-0.4, -0.2) is 0 Å².